The van der Waals surface area contributed by atoms with Crippen molar-refractivity contribution in [1.29, 1.82) is 0 Å². The van der Waals surface area contributed by atoms with Crippen LogP contribution in [0, 0.1) is 5.82 Å². The molecule has 1 aromatic carbocycles. The number of nitrogens with one attached hydrogen (secondary N) is 1. The maximum atomic E-state index is 13.6. The fraction of sp³-hybridized carbons (Fsp3) is 0.417. The van der Waals surface area contributed by atoms with Crippen LogP contribution in [0.4, 0.5) is 4.39 Å². The van der Waals surface area contributed by atoms with Gasteiger partial charge in [0.1, 0.15) is 5.82 Å². The van der Waals surface area contributed by atoms with E-state index in [4.69, 9.17) is 11.6 Å². The minimum Gasteiger partial charge on any atom is -0.336 e. The molecule has 1 atom stereocenters. The zero-order valence-corrected chi connectivity index (χ0v) is 11.5. The molecule has 1 N–H and O–H groups in total. The van der Waals surface area contributed by atoms with Crippen LogP contribution in [0.15, 0.2) is 18.2 Å². The lowest BCUT2D eigenvalue weighted by molar-refractivity contribution is 0.0704. The van der Waals surface area contributed by atoms with Gasteiger partial charge in [-0.25, -0.2) is 4.39 Å². The van der Waals surface area contributed by atoms with Crippen molar-refractivity contribution >= 4 is 29.9 Å². The van der Waals surface area contributed by atoms with Crippen molar-refractivity contribution in [2.75, 3.05) is 19.6 Å². The first-order valence-electron chi connectivity index (χ1n) is 5.55. The van der Waals surface area contributed by atoms with E-state index in [1.165, 1.54) is 18.2 Å². The number of halogens is 3. The summed E-state index contributed by atoms with van der Waals surface area (Å²) in [5.74, 6) is -0.816. The molecule has 100 valence electrons. The fourth-order valence-corrected chi connectivity index (χ4v) is 2.12. The number of nitrogens with zero attached hydrogens (tertiary/aromatic N) is 1. The number of piperazine rings is 1. The normalized spacial score (nSPS) is 19.3. The summed E-state index contributed by atoms with van der Waals surface area (Å²) in [6, 6.07) is 4.27. The molecule has 1 aromatic rings. The average molecular weight is 293 g/mol. The van der Waals surface area contributed by atoms with Crippen LogP contribution in [0.1, 0.15) is 17.3 Å². The van der Waals surface area contributed by atoms with Crippen LogP contribution in [0.5, 0.6) is 0 Å². The predicted molar refractivity (Wildman–Crippen MR) is 72.0 cm³/mol. The van der Waals surface area contributed by atoms with Gasteiger partial charge in [-0.2, -0.15) is 0 Å². The first-order valence-corrected chi connectivity index (χ1v) is 5.93. The van der Waals surface area contributed by atoms with Crippen molar-refractivity contribution in [3.05, 3.63) is 34.6 Å². The molecule has 18 heavy (non-hydrogen) atoms. The zero-order chi connectivity index (χ0) is 12.4. The second kappa shape index (κ2) is 6.36. The molecule has 0 bridgehead atoms. The van der Waals surface area contributed by atoms with Gasteiger partial charge in [-0.3, -0.25) is 4.79 Å². The van der Waals surface area contributed by atoms with Crippen LogP contribution in [0.3, 0.4) is 0 Å². The molecule has 1 fully saturated rings. The quantitative estimate of drug-likeness (QED) is 0.862. The van der Waals surface area contributed by atoms with E-state index in [2.05, 4.69) is 5.32 Å². The smallest absolute Gasteiger partial charge is 0.256 e. The molecule has 0 aromatic heterocycles. The highest BCUT2D eigenvalue weighted by molar-refractivity contribution is 6.31. The molecular formula is C12H15Cl2FN2O. The molecule has 1 aliphatic heterocycles. The minimum absolute atomic E-state index is 0. The van der Waals surface area contributed by atoms with Gasteiger partial charge in [-0.15, -0.1) is 12.4 Å². The molecule has 1 saturated heterocycles. The van der Waals surface area contributed by atoms with Gasteiger partial charge in [-0.05, 0) is 25.1 Å². The zero-order valence-electron chi connectivity index (χ0n) is 9.95. The third-order valence-corrected chi connectivity index (χ3v) is 3.05. The van der Waals surface area contributed by atoms with Gasteiger partial charge in [0.2, 0.25) is 0 Å². The predicted octanol–water partition coefficient (Wildman–Crippen LogP) is 2.33. The summed E-state index contributed by atoms with van der Waals surface area (Å²) in [4.78, 5) is 13.8. The van der Waals surface area contributed by atoms with E-state index >= 15 is 0 Å². The fourth-order valence-electron chi connectivity index (χ4n) is 1.95. The topological polar surface area (TPSA) is 32.3 Å². The Morgan fingerprint density at radius 2 is 2.28 bits per heavy atom. The molecule has 2 rings (SSSR count). The Morgan fingerprint density at radius 3 is 2.94 bits per heavy atom. The van der Waals surface area contributed by atoms with E-state index in [0.29, 0.717) is 18.1 Å². The highest BCUT2D eigenvalue weighted by Gasteiger charge is 2.23. The Kier molecular flexibility index (Phi) is 5.38. The van der Waals surface area contributed by atoms with Crippen molar-refractivity contribution in [2.24, 2.45) is 0 Å². The van der Waals surface area contributed by atoms with Crippen LogP contribution in [-0.2, 0) is 0 Å². The molecule has 0 radical (unpaired) electrons. The summed E-state index contributed by atoms with van der Waals surface area (Å²) in [5.41, 5.74) is 0.0478. The molecular weight excluding hydrogens is 278 g/mol. The van der Waals surface area contributed by atoms with Crippen molar-refractivity contribution in [3.8, 4) is 0 Å². The highest BCUT2D eigenvalue weighted by Crippen LogP contribution is 2.17. The Hall–Kier alpha value is -0.840. The number of rotatable bonds is 1. The standard InChI is InChI=1S/C12H14ClFN2O.ClH/c1-8-7-16(5-4-15-8)12(17)10-6-9(13)2-3-11(10)14;/h2-3,6,8,15H,4-5,7H2,1H3;1H/t8-;/m1./s1. The number of carbonyl (C=O) groups excluding carboxylic acids is 1. The molecule has 0 unspecified atom stereocenters. The first-order chi connectivity index (χ1) is 8.08. The van der Waals surface area contributed by atoms with Gasteiger partial charge in [-0.1, -0.05) is 11.6 Å². The molecule has 6 heteroatoms. The van der Waals surface area contributed by atoms with Gasteiger partial charge < -0.3 is 10.2 Å². The van der Waals surface area contributed by atoms with Crippen LogP contribution in [0.25, 0.3) is 0 Å². The lowest BCUT2D eigenvalue weighted by Gasteiger charge is -2.32. The van der Waals surface area contributed by atoms with Gasteiger partial charge in [0.25, 0.3) is 5.91 Å². The summed E-state index contributed by atoms with van der Waals surface area (Å²) < 4.78 is 13.6. The van der Waals surface area contributed by atoms with Crippen molar-refractivity contribution in [3.63, 3.8) is 0 Å². The number of hydrogen-bond acceptors (Lipinski definition) is 2. The molecule has 0 aliphatic carbocycles. The molecule has 1 amide bonds. The Morgan fingerprint density at radius 1 is 1.56 bits per heavy atom. The lowest BCUT2D eigenvalue weighted by atomic mass is 10.1. The third kappa shape index (κ3) is 3.34. The molecule has 3 nitrogen and oxygen atoms in total. The Balaban J connectivity index is 0.00000162. The van der Waals surface area contributed by atoms with Gasteiger partial charge >= 0.3 is 0 Å². The second-order valence-corrected chi connectivity index (χ2v) is 4.67. The van der Waals surface area contributed by atoms with E-state index in [1.54, 1.807) is 4.90 Å². The average Bonchev–Trinajstić information content (AvgIpc) is 2.31. The van der Waals surface area contributed by atoms with E-state index in [-0.39, 0.29) is 29.9 Å². The van der Waals surface area contributed by atoms with E-state index < -0.39 is 5.82 Å². The minimum atomic E-state index is -0.523. The van der Waals surface area contributed by atoms with Crippen LogP contribution >= 0.6 is 24.0 Å². The van der Waals surface area contributed by atoms with Crippen LogP contribution in [0.2, 0.25) is 5.02 Å². The van der Waals surface area contributed by atoms with Gasteiger partial charge in [0, 0.05) is 30.7 Å². The lowest BCUT2D eigenvalue weighted by Crippen LogP contribution is -2.51. The molecule has 0 saturated carbocycles. The Labute approximate surface area is 117 Å². The third-order valence-electron chi connectivity index (χ3n) is 2.81. The van der Waals surface area contributed by atoms with Crippen molar-refractivity contribution in [2.45, 2.75) is 13.0 Å². The molecule has 1 aliphatic rings. The first kappa shape index (κ1) is 15.2. The van der Waals surface area contributed by atoms with Crippen LogP contribution < -0.4 is 5.32 Å². The maximum absolute atomic E-state index is 13.6. The summed E-state index contributed by atoms with van der Waals surface area (Å²) in [5, 5.41) is 3.60. The molecule has 1 heterocycles. The van der Waals surface area contributed by atoms with Crippen LogP contribution in [-0.4, -0.2) is 36.5 Å². The van der Waals surface area contributed by atoms with Crippen molar-refractivity contribution in [1.82, 2.24) is 10.2 Å². The van der Waals surface area contributed by atoms with E-state index in [0.717, 1.165) is 6.54 Å². The summed E-state index contributed by atoms with van der Waals surface area (Å²) in [6.07, 6.45) is 0. The molecule has 0 spiro atoms. The Bertz CT molecular complexity index is 442. The number of amides is 1. The number of carbonyl (C=O) groups is 1. The van der Waals surface area contributed by atoms with Crippen molar-refractivity contribution < 1.29 is 9.18 Å². The van der Waals surface area contributed by atoms with E-state index in [1.807, 2.05) is 6.92 Å². The summed E-state index contributed by atoms with van der Waals surface area (Å²) in [6.45, 7) is 3.91. The van der Waals surface area contributed by atoms with E-state index in [9.17, 15) is 9.18 Å². The van der Waals surface area contributed by atoms with Gasteiger partial charge in [0.15, 0.2) is 0 Å². The van der Waals surface area contributed by atoms with Gasteiger partial charge in [0.05, 0.1) is 5.56 Å². The monoisotopic (exact) mass is 292 g/mol. The number of benzene rings is 1. The largest absolute Gasteiger partial charge is 0.336 e. The number of hydrogen-bond donors (Lipinski definition) is 1. The second-order valence-electron chi connectivity index (χ2n) is 4.23. The SMILES string of the molecule is C[C@@H]1CN(C(=O)c2cc(Cl)ccc2F)CCN1.Cl. The maximum Gasteiger partial charge on any atom is 0.256 e. The summed E-state index contributed by atoms with van der Waals surface area (Å²) >= 11 is 5.78. The summed E-state index contributed by atoms with van der Waals surface area (Å²) in [7, 11) is 0. The highest BCUT2D eigenvalue weighted by atomic mass is 35.5.